The van der Waals surface area contributed by atoms with Crippen molar-refractivity contribution < 1.29 is 9.59 Å². The van der Waals surface area contributed by atoms with Crippen LogP contribution in [0.5, 0.6) is 0 Å². The molecule has 0 spiro atoms. The van der Waals surface area contributed by atoms with E-state index >= 15 is 0 Å². The minimum Gasteiger partial charge on any atom is -0.342 e. The SMILES string of the molecule is Cc1ccc(-n2nc(C(C)(C)C)cc2NC(=O)Nc2ccccc2CC2CCN(C(=O)C3CCCCC3)CC2)cc1. The van der Waals surface area contributed by atoms with Crippen LogP contribution < -0.4 is 10.6 Å². The van der Waals surface area contributed by atoms with Gasteiger partial charge in [-0.2, -0.15) is 5.10 Å². The van der Waals surface area contributed by atoms with Gasteiger partial charge >= 0.3 is 6.03 Å². The lowest BCUT2D eigenvalue weighted by Gasteiger charge is -2.35. The number of urea groups is 1. The number of amides is 3. The van der Waals surface area contributed by atoms with Crippen molar-refractivity contribution in [2.45, 2.75) is 84.5 Å². The predicted molar refractivity (Wildman–Crippen MR) is 166 cm³/mol. The van der Waals surface area contributed by atoms with Crippen LogP contribution in [0.2, 0.25) is 0 Å². The van der Waals surface area contributed by atoms with Crippen LogP contribution in [-0.2, 0) is 16.6 Å². The summed E-state index contributed by atoms with van der Waals surface area (Å²) < 4.78 is 1.80. The van der Waals surface area contributed by atoms with E-state index in [0.29, 0.717) is 17.6 Å². The smallest absolute Gasteiger partial charge is 0.324 e. The summed E-state index contributed by atoms with van der Waals surface area (Å²) in [5.74, 6) is 1.74. The Morgan fingerprint density at radius 1 is 0.902 bits per heavy atom. The normalized spacial score (nSPS) is 16.9. The minimum absolute atomic E-state index is 0.161. The summed E-state index contributed by atoms with van der Waals surface area (Å²) in [6.07, 6.45) is 8.66. The first-order valence-electron chi connectivity index (χ1n) is 15.3. The number of aromatic nitrogens is 2. The first-order chi connectivity index (χ1) is 19.7. The first kappa shape index (κ1) is 28.9. The molecule has 3 amide bonds. The average molecular weight is 556 g/mol. The highest BCUT2D eigenvalue weighted by atomic mass is 16.2. The molecule has 1 saturated heterocycles. The van der Waals surface area contributed by atoms with Gasteiger partial charge in [-0.15, -0.1) is 0 Å². The van der Waals surface area contributed by atoms with Crippen molar-refractivity contribution >= 4 is 23.4 Å². The number of carbonyl (C=O) groups is 2. The van der Waals surface area contributed by atoms with Crippen LogP contribution in [0, 0.1) is 18.8 Å². The number of carbonyl (C=O) groups excluding carboxylic acids is 2. The summed E-state index contributed by atoms with van der Waals surface area (Å²) in [6, 6.07) is 17.8. The highest BCUT2D eigenvalue weighted by molar-refractivity contribution is 6.00. The number of nitrogens with one attached hydrogen (secondary N) is 2. The van der Waals surface area contributed by atoms with Gasteiger partial charge in [0.2, 0.25) is 5.91 Å². The molecule has 218 valence electrons. The Hall–Kier alpha value is -3.61. The molecule has 0 unspecified atom stereocenters. The topological polar surface area (TPSA) is 79.3 Å². The monoisotopic (exact) mass is 555 g/mol. The van der Waals surface area contributed by atoms with E-state index in [-0.39, 0.29) is 17.4 Å². The summed E-state index contributed by atoms with van der Waals surface area (Å²) in [7, 11) is 0. The third-order valence-corrected chi connectivity index (χ3v) is 8.65. The minimum atomic E-state index is -0.293. The van der Waals surface area contributed by atoms with Crippen molar-refractivity contribution in [2.24, 2.45) is 11.8 Å². The maximum atomic E-state index is 13.3. The van der Waals surface area contributed by atoms with Gasteiger partial charge in [-0.3, -0.25) is 10.1 Å². The molecule has 2 fully saturated rings. The second-order valence-corrected chi connectivity index (χ2v) is 13.0. The number of benzene rings is 2. The molecule has 1 saturated carbocycles. The summed E-state index contributed by atoms with van der Waals surface area (Å²) in [6.45, 7) is 10.1. The molecule has 2 aromatic carbocycles. The van der Waals surface area contributed by atoms with Gasteiger partial charge in [0.15, 0.2) is 0 Å². The molecule has 0 atom stereocenters. The predicted octanol–water partition coefficient (Wildman–Crippen LogP) is 7.48. The average Bonchev–Trinajstić information content (AvgIpc) is 3.39. The van der Waals surface area contributed by atoms with E-state index in [0.717, 1.165) is 67.8 Å². The van der Waals surface area contributed by atoms with Crippen LogP contribution in [0.1, 0.15) is 82.5 Å². The molecule has 41 heavy (non-hydrogen) atoms. The number of likely N-dealkylation sites (tertiary alicyclic amines) is 1. The lowest BCUT2D eigenvalue weighted by molar-refractivity contribution is -0.138. The molecular weight excluding hydrogens is 510 g/mol. The van der Waals surface area contributed by atoms with Gasteiger partial charge in [0, 0.05) is 36.2 Å². The second kappa shape index (κ2) is 12.5. The van der Waals surface area contributed by atoms with Gasteiger partial charge in [0.25, 0.3) is 0 Å². The van der Waals surface area contributed by atoms with Gasteiger partial charge in [-0.25, -0.2) is 9.48 Å². The number of para-hydroxylation sites is 1. The van der Waals surface area contributed by atoms with E-state index in [1.807, 2.05) is 48.5 Å². The van der Waals surface area contributed by atoms with Crippen LogP contribution in [-0.4, -0.2) is 39.7 Å². The van der Waals surface area contributed by atoms with Crippen molar-refractivity contribution in [3.63, 3.8) is 0 Å². The Balaban J connectivity index is 1.23. The van der Waals surface area contributed by atoms with E-state index in [1.54, 1.807) is 4.68 Å². The molecule has 7 nitrogen and oxygen atoms in total. The number of anilines is 2. The molecular formula is C34H45N5O2. The molecule has 7 heteroatoms. The van der Waals surface area contributed by atoms with Gasteiger partial charge in [-0.1, -0.05) is 75.9 Å². The zero-order valence-electron chi connectivity index (χ0n) is 25.1. The van der Waals surface area contributed by atoms with E-state index in [1.165, 1.54) is 24.8 Å². The van der Waals surface area contributed by atoms with Crippen molar-refractivity contribution in [1.82, 2.24) is 14.7 Å². The van der Waals surface area contributed by atoms with Crippen molar-refractivity contribution in [3.8, 4) is 5.69 Å². The molecule has 0 radical (unpaired) electrons. The van der Waals surface area contributed by atoms with Crippen LogP contribution in [0.15, 0.2) is 54.6 Å². The number of aryl methyl sites for hydroxylation is 1. The standard InChI is InChI=1S/C34H45N5O2/c1-24-14-16-28(17-15-24)39-31(23-30(37-39)34(2,3)4)36-33(41)35-29-13-9-8-12-27(29)22-25-18-20-38(21-19-25)32(40)26-10-6-5-7-11-26/h8-9,12-17,23,25-26H,5-7,10-11,18-22H2,1-4H3,(H2,35,36,41). The van der Waals surface area contributed by atoms with Crippen molar-refractivity contribution in [3.05, 3.63) is 71.4 Å². The highest BCUT2D eigenvalue weighted by Gasteiger charge is 2.29. The largest absolute Gasteiger partial charge is 0.342 e. The fraction of sp³-hybridized carbons (Fsp3) is 0.500. The van der Waals surface area contributed by atoms with Crippen LogP contribution in [0.25, 0.3) is 5.69 Å². The molecule has 3 aromatic rings. The van der Waals surface area contributed by atoms with Gasteiger partial charge < -0.3 is 10.2 Å². The van der Waals surface area contributed by atoms with Crippen LogP contribution >= 0.6 is 0 Å². The maximum absolute atomic E-state index is 13.3. The summed E-state index contributed by atoms with van der Waals surface area (Å²) in [4.78, 5) is 28.4. The first-order valence-corrected chi connectivity index (χ1v) is 15.3. The van der Waals surface area contributed by atoms with Gasteiger partial charge in [-0.05, 0) is 68.7 Å². The quantitative estimate of drug-likeness (QED) is 0.331. The molecule has 1 aliphatic heterocycles. The third-order valence-electron chi connectivity index (χ3n) is 8.65. The highest BCUT2D eigenvalue weighted by Crippen LogP contribution is 2.30. The lowest BCUT2D eigenvalue weighted by atomic mass is 9.86. The van der Waals surface area contributed by atoms with Crippen LogP contribution in [0.3, 0.4) is 0 Å². The van der Waals surface area contributed by atoms with Crippen molar-refractivity contribution in [2.75, 3.05) is 23.7 Å². The van der Waals surface area contributed by atoms with Crippen molar-refractivity contribution in [1.29, 1.82) is 0 Å². The number of hydrogen-bond acceptors (Lipinski definition) is 3. The Labute approximate surface area is 244 Å². The summed E-state index contributed by atoms with van der Waals surface area (Å²) in [5.41, 5.74) is 4.76. The van der Waals surface area contributed by atoms with Crippen LogP contribution in [0.4, 0.5) is 16.3 Å². The Kier molecular flexibility index (Phi) is 8.81. The number of hydrogen-bond donors (Lipinski definition) is 2. The molecule has 1 aliphatic carbocycles. The summed E-state index contributed by atoms with van der Waals surface area (Å²) in [5, 5.41) is 11.0. The van der Waals surface area contributed by atoms with Gasteiger partial charge in [0.1, 0.15) is 5.82 Å². The number of rotatable bonds is 6. The van der Waals surface area contributed by atoms with E-state index in [9.17, 15) is 9.59 Å². The van der Waals surface area contributed by atoms with E-state index in [2.05, 4.69) is 49.3 Å². The Bertz CT molecular complexity index is 1340. The lowest BCUT2D eigenvalue weighted by Crippen LogP contribution is -2.42. The van der Waals surface area contributed by atoms with Gasteiger partial charge in [0.05, 0.1) is 11.4 Å². The molecule has 5 rings (SSSR count). The molecule has 2 heterocycles. The molecule has 2 N–H and O–H groups in total. The van der Waals surface area contributed by atoms with E-state index < -0.39 is 0 Å². The molecule has 2 aliphatic rings. The molecule has 1 aromatic heterocycles. The zero-order valence-corrected chi connectivity index (χ0v) is 25.1. The fourth-order valence-corrected chi connectivity index (χ4v) is 6.09. The number of nitrogens with zero attached hydrogens (tertiary/aromatic N) is 3. The number of piperidine rings is 1. The Morgan fingerprint density at radius 3 is 2.27 bits per heavy atom. The Morgan fingerprint density at radius 2 is 1.59 bits per heavy atom. The molecule has 0 bridgehead atoms. The third kappa shape index (κ3) is 7.19. The second-order valence-electron chi connectivity index (χ2n) is 13.0. The fourth-order valence-electron chi connectivity index (χ4n) is 6.09. The maximum Gasteiger partial charge on any atom is 0.324 e. The van der Waals surface area contributed by atoms with E-state index in [4.69, 9.17) is 5.10 Å². The summed E-state index contributed by atoms with van der Waals surface area (Å²) >= 11 is 0. The zero-order chi connectivity index (χ0) is 29.0.